The lowest BCUT2D eigenvalue weighted by molar-refractivity contribution is 0.313. The summed E-state index contributed by atoms with van der Waals surface area (Å²) in [4.78, 5) is 0. The third-order valence-corrected chi connectivity index (χ3v) is 2.89. The van der Waals surface area contributed by atoms with Crippen LogP contribution in [0.5, 0.6) is 0 Å². The Morgan fingerprint density at radius 3 is 2.73 bits per heavy atom. The van der Waals surface area contributed by atoms with Crippen LogP contribution in [0.1, 0.15) is 26.7 Å². The Morgan fingerprint density at radius 1 is 1.55 bits per heavy atom. The maximum Gasteiger partial charge on any atom is 0.0324 e. The van der Waals surface area contributed by atoms with E-state index in [-0.39, 0.29) is 0 Å². The van der Waals surface area contributed by atoms with Crippen LogP contribution in [0.3, 0.4) is 0 Å². The molecule has 0 spiro atoms. The van der Waals surface area contributed by atoms with Crippen molar-refractivity contribution in [1.29, 1.82) is 0 Å². The quantitative estimate of drug-likeness (QED) is 0.613. The summed E-state index contributed by atoms with van der Waals surface area (Å²) >= 11 is 0. The average Bonchev–Trinajstić information content (AvgIpc) is 2.43. The van der Waals surface area contributed by atoms with Gasteiger partial charge in [-0.05, 0) is 18.8 Å². The van der Waals surface area contributed by atoms with Crippen molar-refractivity contribution in [1.82, 2.24) is 10.6 Å². The van der Waals surface area contributed by atoms with E-state index in [4.69, 9.17) is 0 Å². The molecule has 0 radical (unpaired) electrons. The Labute approximate surface area is 68.7 Å². The fourth-order valence-electron chi connectivity index (χ4n) is 2.58. The second-order valence-corrected chi connectivity index (χ2v) is 4.54. The standard InChI is InChI=1S/C9H18N2/c1-7(2)3-9-4-8(5-11-9)10-6-9/h7-8,10-11H,3-6H2,1-2H3. The van der Waals surface area contributed by atoms with E-state index in [9.17, 15) is 0 Å². The van der Waals surface area contributed by atoms with Gasteiger partial charge in [0.2, 0.25) is 0 Å². The predicted molar refractivity (Wildman–Crippen MR) is 46.6 cm³/mol. The zero-order valence-electron chi connectivity index (χ0n) is 7.48. The van der Waals surface area contributed by atoms with Crippen LogP contribution in [0.15, 0.2) is 0 Å². The van der Waals surface area contributed by atoms with E-state index in [1.807, 2.05) is 0 Å². The van der Waals surface area contributed by atoms with Gasteiger partial charge in [-0.2, -0.15) is 0 Å². The molecule has 2 fully saturated rings. The maximum absolute atomic E-state index is 3.64. The molecular weight excluding hydrogens is 136 g/mol. The molecule has 2 heterocycles. The van der Waals surface area contributed by atoms with Crippen molar-refractivity contribution < 1.29 is 0 Å². The van der Waals surface area contributed by atoms with E-state index < -0.39 is 0 Å². The number of hydrogen-bond acceptors (Lipinski definition) is 2. The van der Waals surface area contributed by atoms with E-state index in [0.717, 1.165) is 12.0 Å². The Morgan fingerprint density at radius 2 is 2.36 bits per heavy atom. The summed E-state index contributed by atoms with van der Waals surface area (Å²) in [7, 11) is 0. The number of fused-ring (bicyclic) bond motifs is 2. The van der Waals surface area contributed by atoms with E-state index in [0.29, 0.717) is 5.54 Å². The molecule has 2 rings (SSSR count). The molecule has 2 N–H and O–H groups in total. The summed E-state index contributed by atoms with van der Waals surface area (Å²) in [6.07, 6.45) is 2.68. The number of piperazine rings is 1. The highest BCUT2D eigenvalue weighted by atomic mass is 15.2. The molecule has 2 aliphatic rings. The van der Waals surface area contributed by atoms with Crippen LogP contribution in [0.4, 0.5) is 0 Å². The second-order valence-electron chi connectivity index (χ2n) is 4.54. The second kappa shape index (κ2) is 2.46. The first-order chi connectivity index (χ1) is 5.20. The maximum atomic E-state index is 3.64. The molecule has 2 atom stereocenters. The summed E-state index contributed by atoms with van der Waals surface area (Å²) in [5, 5.41) is 7.18. The van der Waals surface area contributed by atoms with Gasteiger partial charge in [0.25, 0.3) is 0 Å². The third kappa shape index (κ3) is 1.30. The molecule has 0 amide bonds. The fraction of sp³-hybridized carbons (Fsp3) is 1.00. The highest BCUT2D eigenvalue weighted by Crippen LogP contribution is 2.31. The van der Waals surface area contributed by atoms with Gasteiger partial charge in [-0.15, -0.1) is 0 Å². The predicted octanol–water partition coefficient (Wildman–Crippen LogP) is 0.736. The molecule has 64 valence electrons. The van der Waals surface area contributed by atoms with E-state index in [1.54, 1.807) is 0 Å². The molecular formula is C9H18N2. The summed E-state index contributed by atoms with van der Waals surface area (Å²) in [5.41, 5.74) is 0.471. The largest absolute Gasteiger partial charge is 0.311 e. The van der Waals surface area contributed by atoms with E-state index >= 15 is 0 Å². The molecule has 2 bridgehead atoms. The van der Waals surface area contributed by atoms with Gasteiger partial charge in [-0.3, -0.25) is 0 Å². The van der Waals surface area contributed by atoms with Crippen molar-refractivity contribution in [2.24, 2.45) is 5.92 Å². The molecule has 2 heteroatoms. The minimum atomic E-state index is 0.471. The van der Waals surface area contributed by atoms with Gasteiger partial charge in [0.1, 0.15) is 0 Å². The van der Waals surface area contributed by atoms with Crippen molar-refractivity contribution >= 4 is 0 Å². The van der Waals surface area contributed by atoms with Crippen LogP contribution in [-0.4, -0.2) is 24.7 Å². The molecule has 11 heavy (non-hydrogen) atoms. The van der Waals surface area contributed by atoms with Crippen molar-refractivity contribution in [2.45, 2.75) is 38.3 Å². The minimum absolute atomic E-state index is 0.471. The average molecular weight is 154 g/mol. The molecule has 2 unspecified atom stereocenters. The van der Waals surface area contributed by atoms with E-state index in [2.05, 4.69) is 24.5 Å². The number of rotatable bonds is 2. The summed E-state index contributed by atoms with van der Waals surface area (Å²) in [6, 6.07) is 0.772. The molecule has 0 saturated carbocycles. The van der Waals surface area contributed by atoms with Crippen LogP contribution in [-0.2, 0) is 0 Å². The van der Waals surface area contributed by atoms with Gasteiger partial charge < -0.3 is 10.6 Å². The Hall–Kier alpha value is -0.0800. The van der Waals surface area contributed by atoms with Gasteiger partial charge in [0, 0.05) is 24.7 Å². The summed E-state index contributed by atoms with van der Waals surface area (Å²) < 4.78 is 0. The molecule has 2 nitrogen and oxygen atoms in total. The zero-order valence-corrected chi connectivity index (χ0v) is 7.48. The highest BCUT2D eigenvalue weighted by molar-refractivity contribution is 5.07. The van der Waals surface area contributed by atoms with Crippen molar-refractivity contribution in [3.05, 3.63) is 0 Å². The van der Waals surface area contributed by atoms with Gasteiger partial charge in [-0.25, -0.2) is 0 Å². The van der Waals surface area contributed by atoms with Crippen LogP contribution < -0.4 is 10.6 Å². The lowest BCUT2D eigenvalue weighted by Gasteiger charge is -2.29. The van der Waals surface area contributed by atoms with Crippen LogP contribution in [0.25, 0.3) is 0 Å². The number of hydrogen-bond donors (Lipinski definition) is 2. The SMILES string of the molecule is CC(C)CC12CNC(CN1)C2. The lowest BCUT2D eigenvalue weighted by atomic mass is 9.89. The molecule has 2 aliphatic heterocycles. The monoisotopic (exact) mass is 154 g/mol. The molecule has 0 aromatic rings. The van der Waals surface area contributed by atoms with Crippen molar-refractivity contribution in [2.75, 3.05) is 13.1 Å². The summed E-state index contributed by atoms with van der Waals surface area (Å²) in [6.45, 7) is 6.99. The Bertz CT molecular complexity index is 146. The highest BCUT2D eigenvalue weighted by Gasteiger charge is 2.44. The smallest absolute Gasteiger partial charge is 0.0324 e. The number of nitrogens with one attached hydrogen (secondary N) is 2. The zero-order chi connectivity index (χ0) is 7.90. The Kier molecular flexibility index (Phi) is 1.69. The van der Waals surface area contributed by atoms with Crippen LogP contribution in [0, 0.1) is 5.92 Å². The normalized spacial score (nSPS) is 42.3. The van der Waals surface area contributed by atoms with Gasteiger partial charge in [-0.1, -0.05) is 13.8 Å². The van der Waals surface area contributed by atoms with Crippen LogP contribution >= 0.6 is 0 Å². The van der Waals surface area contributed by atoms with Gasteiger partial charge in [0.05, 0.1) is 0 Å². The topological polar surface area (TPSA) is 24.1 Å². The summed E-state index contributed by atoms with van der Waals surface area (Å²) in [5.74, 6) is 0.821. The molecule has 0 aromatic carbocycles. The third-order valence-electron chi connectivity index (χ3n) is 2.89. The first-order valence-electron chi connectivity index (χ1n) is 4.69. The molecule has 0 aliphatic carbocycles. The van der Waals surface area contributed by atoms with Crippen molar-refractivity contribution in [3.8, 4) is 0 Å². The van der Waals surface area contributed by atoms with E-state index in [1.165, 1.54) is 25.9 Å². The van der Waals surface area contributed by atoms with Gasteiger partial charge in [0.15, 0.2) is 0 Å². The fourth-order valence-corrected chi connectivity index (χ4v) is 2.58. The first-order valence-corrected chi connectivity index (χ1v) is 4.69. The lowest BCUT2D eigenvalue weighted by Crippen LogP contribution is -2.50. The van der Waals surface area contributed by atoms with Crippen molar-refractivity contribution in [3.63, 3.8) is 0 Å². The van der Waals surface area contributed by atoms with Gasteiger partial charge >= 0.3 is 0 Å². The van der Waals surface area contributed by atoms with Crippen LogP contribution in [0.2, 0.25) is 0 Å². The first kappa shape index (κ1) is 7.56. The minimum Gasteiger partial charge on any atom is -0.311 e. The Balaban J connectivity index is 1.99. The molecule has 2 saturated heterocycles. The molecule has 0 aromatic heterocycles.